The van der Waals surface area contributed by atoms with E-state index in [1.165, 1.54) is 30.8 Å². The molecule has 1 aliphatic rings. The number of sulfone groups is 1. The van der Waals surface area contributed by atoms with E-state index in [1.807, 2.05) is 32.0 Å². The molecule has 2 aromatic carbocycles. The van der Waals surface area contributed by atoms with E-state index in [1.54, 1.807) is 6.07 Å². The van der Waals surface area contributed by atoms with Crippen LogP contribution >= 0.6 is 11.8 Å². The Bertz CT molecular complexity index is 1060. The van der Waals surface area contributed by atoms with Crippen LogP contribution in [0.15, 0.2) is 46.2 Å². The predicted octanol–water partition coefficient (Wildman–Crippen LogP) is 3.93. The second-order valence-corrected chi connectivity index (χ2v) is 10.7. The number of carbonyl (C=O) groups is 2. The van der Waals surface area contributed by atoms with Gasteiger partial charge in [0.2, 0.25) is 11.8 Å². The first kappa shape index (κ1) is 21.4. The molecule has 0 aromatic heterocycles. The van der Waals surface area contributed by atoms with Crippen molar-refractivity contribution < 1.29 is 18.0 Å². The monoisotopic (exact) mass is 432 g/mol. The largest absolute Gasteiger partial charge is 0.326 e. The maximum Gasteiger partial charge on any atom is 0.225 e. The molecular formula is C21H24N2O4S2. The molecule has 1 heterocycles. The van der Waals surface area contributed by atoms with Gasteiger partial charge in [-0.25, -0.2) is 8.42 Å². The molecular weight excluding hydrogens is 408 g/mol. The highest BCUT2D eigenvalue weighted by Crippen LogP contribution is 2.33. The van der Waals surface area contributed by atoms with E-state index in [-0.39, 0.29) is 23.1 Å². The summed E-state index contributed by atoms with van der Waals surface area (Å²) in [6.07, 6.45) is 0.226. The molecule has 29 heavy (non-hydrogen) atoms. The first-order valence-corrected chi connectivity index (χ1v) is 11.9. The summed E-state index contributed by atoms with van der Waals surface area (Å²) in [6, 6.07) is 10.5. The fourth-order valence-electron chi connectivity index (χ4n) is 3.05. The highest BCUT2D eigenvalue weighted by atomic mass is 32.2. The Morgan fingerprint density at radius 3 is 2.72 bits per heavy atom. The van der Waals surface area contributed by atoms with Crippen LogP contribution in [-0.4, -0.2) is 31.2 Å². The summed E-state index contributed by atoms with van der Waals surface area (Å²) in [5.41, 5.74) is 3.12. The average molecular weight is 433 g/mol. The summed E-state index contributed by atoms with van der Waals surface area (Å²) >= 11 is 1.51. The first-order valence-electron chi connectivity index (χ1n) is 9.34. The molecule has 1 atom stereocenters. The van der Waals surface area contributed by atoms with Crippen molar-refractivity contribution in [1.29, 1.82) is 0 Å². The lowest BCUT2D eigenvalue weighted by molar-refractivity contribution is -0.116. The minimum absolute atomic E-state index is 0.103. The van der Waals surface area contributed by atoms with E-state index >= 15 is 0 Å². The maximum absolute atomic E-state index is 13.0. The number of fused-ring (bicyclic) bond motifs is 1. The van der Waals surface area contributed by atoms with Gasteiger partial charge < -0.3 is 10.6 Å². The zero-order chi connectivity index (χ0) is 21.2. The van der Waals surface area contributed by atoms with Gasteiger partial charge in [0.25, 0.3) is 0 Å². The Labute approximate surface area is 175 Å². The van der Waals surface area contributed by atoms with E-state index < -0.39 is 15.1 Å². The molecule has 2 aromatic rings. The molecule has 0 fully saturated rings. The SMILES string of the molecule is Cc1ccc(C)c(NC(=O)C[C@@H](C)S(=O)(=O)c2ccc3c(c2)NC(=O)CCS3)c1. The number of thioether (sulfide) groups is 1. The third-order valence-electron chi connectivity index (χ3n) is 4.81. The Morgan fingerprint density at radius 2 is 1.97 bits per heavy atom. The molecule has 0 spiro atoms. The van der Waals surface area contributed by atoms with Crippen molar-refractivity contribution in [2.24, 2.45) is 0 Å². The number of amides is 2. The second kappa shape index (κ2) is 8.59. The molecule has 3 rings (SSSR count). The lowest BCUT2D eigenvalue weighted by Gasteiger charge is -2.16. The Morgan fingerprint density at radius 1 is 1.21 bits per heavy atom. The minimum atomic E-state index is -3.73. The fourth-order valence-corrected chi connectivity index (χ4v) is 5.36. The molecule has 0 saturated carbocycles. The van der Waals surface area contributed by atoms with Crippen LogP contribution in [0.5, 0.6) is 0 Å². The van der Waals surface area contributed by atoms with Crippen molar-refractivity contribution >= 4 is 44.8 Å². The van der Waals surface area contributed by atoms with Crippen molar-refractivity contribution in [3.8, 4) is 0 Å². The number of hydrogen-bond donors (Lipinski definition) is 2. The van der Waals surface area contributed by atoms with E-state index in [0.717, 1.165) is 16.0 Å². The second-order valence-electron chi connectivity index (χ2n) is 7.23. The van der Waals surface area contributed by atoms with Gasteiger partial charge in [-0.2, -0.15) is 0 Å². The van der Waals surface area contributed by atoms with Gasteiger partial charge in [-0.15, -0.1) is 11.8 Å². The van der Waals surface area contributed by atoms with Gasteiger partial charge in [0, 0.05) is 29.2 Å². The van der Waals surface area contributed by atoms with E-state index in [4.69, 9.17) is 0 Å². The highest BCUT2D eigenvalue weighted by Gasteiger charge is 2.27. The third kappa shape index (κ3) is 5.00. The third-order valence-corrected chi connectivity index (χ3v) is 8.02. The zero-order valence-corrected chi connectivity index (χ0v) is 18.2. The molecule has 0 radical (unpaired) electrons. The normalized spacial score (nSPS) is 15.1. The van der Waals surface area contributed by atoms with Crippen LogP contribution < -0.4 is 10.6 Å². The average Bonchev–Trinajstić information content (AvgIpc) is 2.84. The quantitative estimate of drug-likeness (QED) is 0.747. The molecule has 0 unspecified atom stereocenters. The number of nitrogens with one attached hydrogen (secondary N) is 2. The summed E-state index contributed by atoms with van der Waals surface area (Å²) in [5, 5.41) is 4.66. The summed E-state index contributed by atoms with van der Waals surface area (Å²) in [6.45, 7) is 5.34. The molecule has 6 nitrogen and oxygen atoms in total. The van der Waals surface area contributed by atoms with Gasteiger partial charge in [0.15, 0.2) is 9.84 Å². The smallest absolute Gasteiger partial charge is 0.225 e. The summed E-state index contributed by atoms with van der Waals surface area (Å²) in [7, 11) is -3.73. The van der Waals surface area contributed by atoms with Crippen LogP contribution in [-0.2, 0) is 19.4 Å². The number of rotatable bonds is 5. The predicted molar refractivity (Wildman–Crippen MR) is 116 cm³/mol. The van der Waals surface area contributed by atoms with E-state index in [2.05, 4.69) is 10.6 Å². The van der Waals surface area contributed by atoms with E-state index in [9.17, 15) is 18.0 Å². The van der Waals surface area contributed by atoms with Crippen LogP contribution in [0.4, 0.5) is 11.4 Å². The van der Waals surface area contributed by atoms with Crippen LogP contribution in [0, 0.1) is 13.8 Å². The lowest BCUT2D eigenvalue weighted by Crippen LogP contribution is -2.25. The van der Waals surface area contributed by atoms with Crippen molar-refractivity contribution in [3.63, 3.8) is 0 Å². The zero-order valence-electron chi connectivity index (χ0n) is 16.6. The summed E-state index contributed by atoms with van der Waals surface area (Å²) in [4.78, 5) is 25.2. The van der Waals surface area contributed by atoms with Gasteiger partial charge in [-0.05, 0) is 56.2 Å². The molecule has 8 heteroatoms. The summed E-state index contributed by atoms with van der Waals surface area (Å²) < 4.78 is 26.0. The van der Waals surface area contributed by atoms with Crippen molar-refractivity contribution in [2.45, 2.75) is 48.7 Å². The summed E-state index contributed by atoms with van der Waals surface area (Å²) in [5.74, 6) is 0.167. The molecule has 0 aliphatic carbocycles. The van der Waals surface area contributed by atoms with Gasteiger partial charge in [-0.3, -0.25) is 9.59 Å². The van der Waals surface area contributed by atoms with Gasteiger partial charge in [0.05, 0.1) is 15.8 Å². The van der Waals surface area contributed by atoms with E-state index in [0.29, 0.717) is 23.5 Å². The standard InChI is InChI=1S/C21H24N2O4S2/c1-13-4-5-14(2)17(10-13)22-21(25)11-15(3)29(26,27)16-6-7-19-18(12-16)23-20(24)8-9-28-19/h4-7,10,12,15H,8-9,11H2,1-3H3,(H,22,25)(H,23,24)/t15-/m1/s1. The number of aryl methyl sites for hydroxylation is 2. The Hall–Kier alpha value is -2.32. The van der Waals surface area contributed by atoms with Crippen molar-refractivity contribution in [3.05, 3.63) is 47.5 Å². The molecule has 1 aliphatic heterocycles. The number of anilines is 2. The number of hydrogen-bond acceptors (Lipinski definition) is 5. The first-order chi connectivity index (χ1) is 13.7. The topological polar surface area (TPSA) is 92.3 Å². The Balaban J connectivity index is 1.76. The number of carbonyl (C=O) groups excluding carboxylic acids is 2. The minimum Gasteiger partial charge on any atom is -0.326 e. The highest BCUT2D eigenvalue weighted by molar-refractivity contribution is 7.99. The lowest BCUT2D eigenvalue weighted by atomic mass is 10.1. The van der Waals surface area contributed by atoms with Crippen LogP contribution in [0.1, 0.15) is 30.9 Å². The van der Waals surface area contributed by atoms with Gasteiger partial charge in [0.1, 0.15) is 0 Å². The number of benzene rings is 2. The molecule has 154 valence electrons. The Kier molecular flexibility index (Phi) is 6.33. The van der Waals surface area contributed by atoms with Crippen molar-refractivity contribution in [2.75, 3.05) is 16.4 Å². The van der Waals surface area contributed by atoms with Crippen LogP contribution in [0.2, 0.25) is 0 Å². The molecule has 2 N–H and O–H groups in total. The van der Waals surface area contributed by atoms with Crippen molar-refractivity contribution in [1.82, 2.24) is 0 Å². The van der Waals surface area contributed by atoms with Crippen LogP contribution in [0.3, 0.4) is 0 Å². The van der Waals surface area contributed by atoms with Gasteiger partial charge in [-0.1, -0.05) is 12.1 Å². The van der Waals surface area contributed by atoms with Crippen LogP contribution in [0.25, 0.3) is 0 Å². The maximum atomic E-state index is 13.0. The fraction of sp³-hybridized carbons (Fsp3) is 0.333. The molecule has 2 amide bonds. The van der Waals surface area contributed by atoms with Gasteiger partial charge >= 0.3 is 0 Å². The molecule has 0 saturated heterocycles. The molecule has 0 bridgehead atoms.